The van der Waals surface area contributed by atoms with Gasteiger partial charge in [0.15, 0.2) is 0 Å². The molecule has 0 radical (unpaired) electrons. The number of hydrogen-bond donors (Lipinski definition) is 0. The highest BCUT2D eigenvalue weighted by Gasteiger charge is 2.22. The SMILES string of the molecule is CCCCCOP1OCC(CC)CO1. The third-order valence-electron chi connectivity index (χ3n) is 2.35. The fourth-order valence-electron chi connectivity index (χ4n) is 1.22. The summed E-state index contributed by atoms with van der Waals surface area (Å²) in [4.78, 5) is 0. The Morgan fingerprint density at radius 2 is 1.93 bits per heavy atom. The normalized spacial score (nSPS) is 27.9. The minimum Gasteiger partial charge on any atom is -0.312 e. The first kappa shape index (κ1) is 12.4. The van der Waals surface area contributed by atoms with Crippen LogP contribution in [0.5, 0.6) is 0 Å². The van der Waals surface area contributed by atoms with E-state index in [0.29, 0.717) is 5.92 Å². The Bertz CT molecular complexity index is 135. The maximum Gasteiger partial charge on any atom is 0.332 e. The van der Waals surface area contributed by atoms with E-state index >= 15 is 0 Å². The van der Waals surface area contributed by atoms with Gasteiger partial charge in [0.2, 0.25) is 0 Å². The average molecular weight is 220 g/mol. The minimum absolute atomic E-state index is 0.563. The summed E-state index contributed by atoms with van der Waals surface area (Å²) in [6, 6.07) is 0. The van der Waals surface area contributed by atoms with E-state index in [4.69, 9.17) is 13.6 Å². The maximum absolute atomic E-state index is 5.50. The largest absolute Gasteiger partial charge is 0.332 e. The number of rotatable bonds is 6. The van der Waals surface area contributed by atoms with E-state index in [1.54, 1.807) is 0 Å². The molecule has 0 amide bonds. The molecule has 0 spiro atoms. The van der Waals surface area contributed by atoms with Crippen molar-refractivity contribution in [2.75, 3.05) is 19.8 Å². The lowest BCUT2D eigenvalue weighted by Crippen LogP contribution is -2.19. The predicted octanol–water partition coefficient (Wildman–Crippen LogP) is 3.49. The second kappa shape index (κ2) is 7.58. The predicted molar refractivity (Wildman–Crippen MR) is 58.1 cm³/mol. The summed E-state index contributed by atoms with van der Waals surface area (Å²) in [5, 5.41) is 0. The molecule has 0 unspecified atom stereocenters. The van der Waals surface area contributed by atoms with E-state index in [1.165, 1.54) is 12.8 Å². The first-order valence-electron chi connectivity index (χ1n) is 5.55. The molecule has 84 valence electrons. The van der Waals surface area contributed by atoms with Gasteiger partial charge in [-0.3, -0.25) is 0 Å². The number of unbranched alkanes of at least 4 members (excludes halogenated alkanes) is 2. The molecule has 3 nitrogen and oxygen atoms in total. The highest BCUT2D eigenvalue weighted by atomic mass is 31.2. The van der Waals surface area contributed by atoms with Crippen molar-refractivity contribution >= 4 is 8.60 Å². The zero-order valence-electron chi connectivity index (χ0n) is 9.20. The molecule has 0 aromatic carbocycles. The van der Waals surface area contributed by atoms with Gasteiger partial charge in [-0.15, -0.1) is 0 Å². The number of hydrogen-bond acceptors (Lipinski definition) is 3. The smallest absolute Gasteiger partial charge is 0.312 e. The van der Waals surface area contributed by atoms with E-state index in [1.807, 2.05) is 0 Å². The van der Waals surface area contributed by atoms with Crippen LogP contribution >= 0.6 is 8.60 Å². The molecular formula is C10H21O3P. The summed E-state index contributed by atoms with van der Waals surface area (Å²) in [5.41, 5.74) is 0. The summed E-state index contributed by atoms with van der Waals surface area (Å²) < 4.78 is 16.5. The topological polar surface area (TPSA) is 27.7 Å². The molecule has 0 aromatic heterocycles. The molecule has 0 saturated carbocycles. The summed E-state index contributed by atoms with van der Waals surface area (Å²) in [6.07, 6.45) is 4.68. The van der Waals surface area contributed by atoms with Crippen molar-refractivity contribution in [3.8, 4) is 0 Å². The Balaban J connectivity index is 1.98. The average Bonchev–Trinajstić information content (AvgIpc) is 2.25. The molecule has 0 bridgehead atoms. The van der Waals surface area contributed by atoms with Gasteiger partial charge >= 0.3 is 8.60 Å². The lowest BCUT2D eigenvalue weighted by molar-refractivity contribution is 0.0703. The zero-order chi connectivity index (χ0) is 10.2. The second-order valence-electron chi connectivity index (χ2n) is 3.63. The molecule has 0 aromatic rings. The quantitative estimate of drug-likeness (QED) is 0.506. The Morgan fingerprint density at radius 3 is 2.50 bits per heavy atom. The second-order valence-corrected chi connectivity index (χ2v) is 4.85. The van der Waals surface area contributed by atoms with Crippen LogP contribution in [0.2, 0.25) is 0 Å². The third-order valence-corrected chi connectivity index (χ3v) is 3.47. The monoisotopic (exact) mass is 220 g/mol. The lowest BCUT2D eigenvalue weighted by atomic mass is 10.1. The lowest BCUT2D eigenvalue weighted by Gasteiger charge is -2.26. The van der Waals surface area contributed by atoms with Crippen LogP contribution < -0.4 is 0 Å². The van der Waals surface area contributed by atoms with Crippen LogP contribution in [0.3, 0.4) is 0 Å². The minimum atomic E-state index is -1.02. The third kappa shape index (κ3) is 4.70. The van der Waals surface area contributed by atoms with Crippen molar-refractivity contribution in [3.63, 3.8) is 0 Å². The molecule has 0 aliphatic carbocycles. The molecule has 0 N–H and O–H groups in total. The Kier molecular flexibility index (Phi) is 6.70. The van der Waals surface area contributed by atoms with Gasteiger partial charge in [-0.25, -0.2) is 0 Å². The molecule has 1 fully saturated rings. The van der Waals surface area contributed by atoms with Crippen molar-refractivity contribution < 1.29 is 13.6 Å². The molecular weight excluding hydrogens is 199 g/mol. The first-order valence-corrected chi connectivity index (χ1v) is 6.65. The Morgan fingerprint density at radius 1 is 1.21 bits per heavy atom. The molecule has 1 aliphatic heterocycles. The van der Waals surface area contributed by atoms with Crippen LogP contribution in [0.4, 0.5) is 0 Å². The van der Waals surface area contributed by atoms with Crippen LogP contribution in [-0.2, 0) is 13.6 Å². The van der Waals surface area contributed by atoms with Gasteiger partial charge in [-0.05, 0) is 12.8 Å². The van der Waals surface area contributed by atoms with Crippen molar-refractivity contribution in [1.29, 1.82) is 0 Å². The van der Waals surface area contributed by atoms with Crippen LogP contribution in [0.1, 0.15) is 39.5 Å². The summed E-state index contributed by atoms with van der Waals surface area (Å²) in [7, 11) is -1.02. The van der Waals surface area contributed by atoms with Gasteiger partial charge in [-0.1, -0.05) is 26.7 Å². The van der Waals surface area contributed by atoms with Crippen LogP contribution in [-0.4, -0.2) is 19.8 Å². The maximum atomic E-state index is 5.50. The van der Waals surface area contributed by atoms with Gasteiger partial charge in [0.05, 0.1) is 19.8 Å². The van der Waals surface area contributed by atoms with E-state index in [2.05, 4.69) is 13.8 Å². The highest BCUT2D eigenvalue weighted by Crippen LogP contribution is 2.44. The molecule has 14 heavy (non-hydrogen) atoms. The first-order chi connectivity index (χ1) is 6.86. The molecule has 4 heteroatoms. The molecule has 1 saturated heterocycles. The van der Waals surface area contributed by atoms with Crippen molar-refractivity contribution in [2.24, 2.45) is 5.92 Å². The van der Waals surface area contributed by atoms with Gasteiger partial charge in [-0.2, -0.15) is 0 Å². The van der Waals surface area contributed by atoms with Gasteiger partial charge in [0.25, 0.3) is 0 Å². The Hall–Kier alpha value is 0.310. The Labute approximate surface area is 88.1 Å². The zero-order valence-corrected chi connectivity index (χ0v) is 10.1. The van der Waals surface area contributed by atoms with Crippen LogP contribution in [0, 0.1) is 5.92 Å². The van der Waals surface area contributed by atoms with E-state index in [0.717, 1.165) is 32.7 Å². The summed E-state index contributed by atoms with van der Waals surface area (Å²) in [6.45, 7) is 6.72. The van der Waals surface area contributed by atoms with Crippen molar-refractivity contribution in [2.45, 2.75) is 39.5 Å². The van der Waals surface area contributed by atoms with E-state index < -0.39 is 8.60 Å². The van der Waals surface area contributed by atoms with Crippen molar-refractivity contribution in [3.05, 3.63) is 0 Å². The van der Waals surface area contributed by atoms with Crippen molar-refractivity contribution in [1.82, 2.24) is 0 Å². The van der Waals surface area contributed by atoms with Crippen LogP contribution in [0.15, 0.2) is 0 Å². The fourth-order valence-corrected chi connectivity index (χ4v) is 2.39. The van der Waals surface area contributed by atoms with E-state index in [9.17, 15) is 0 Å². The molecule has 1 rings (SSSR count). The van der Waals surface area contributed by atoms with E-state index in [-0.39, 0.29) is 0 Å². The standard InChI is InChI=1S/C10H21O3P/c1-3-5-6-7-11-14-12-8-10(4-2)9-13-14/h10H,3-9H2,1-2H3. The van der Waals surface area contributed by atoms with Gasteiger partial charge in [0.1, 0.15) is 0 Å². The van der Waals surface area contributed by atoms with Crippen LogP contribution in [0.25, 0.3) is 0 Å². The molecule has 0 atom stereocenters. The summed E-state index contributed by atoms with van der Waals surface area (Å²) in [5.74, 6) is 0.563. The van der Waals surface area contributed by atoms with Gasteiger partial charge in [0, 0.05) is 5.92 Å². The van der Waals surface area contributed by atoms with Gasteiger partial charge < -0.3 is 13.6 Å². The fraction of sp³-hybridized carbons (Fsp3) is 1.00. The molecule has 1 heterocycles. The summed E-state index contributed by atoms with van der Waals surface area (Å²) >= 11 is 0. The highest BCUT2D eigenvalue weighted by molar-refractivity contribution is 7.41. The molecule has 1 aliphatic rings.